The molecule has 0 saturated carbocycles. The van der Waals surface area contributed by atoms with Gasteiger partial charge in [-0.05, 0) is 44.5 Å². The summed E-state index contributed by atoms with van der Waals surface area (Å²) in [4.78, 5) is 0. The van der Waals surface area contributed by atoms with E-state index in [2.05, 4.69) is 14.9 Å². The van der Waals surface area contributed by atoms with Crippen LogP contribution in [0, 0.1) is 6.92 Å². The Hall–Kier alpha value is -2.02. The van der Waals surface area contributed by atoms with Crippen LogP contribution in [0.4, 0.5) is 5.69 Å². The molecule has 114 valence electrons. The van der Waals surface area contributed by atoms with Crippen molar-refractivity contribution in [1.82, 2.24) is 10.2 Å². The van der Waals surface area contributed by atoms with Crippen molar-refractivity contribution in [3.05, 3.63) is 36.0 Å². The number of benzene rings is 1. The van der Waals surface area contributed by atoms with E-state index in [0.29, 0.717) is 23.7 Å². The molecule has 0 unspecified atom stereocenters. The highest BCUT2D eigenvalue weighted by Crippen LogP contribution is 2.22. The van der Waals surface area contributed by atoms with E-state index in [1.165, 1.54) is 0 Å². The van der Waals surface area contributed by atoms with E-state index in [-0.39, 0.29) is 0 Å². The topological polar surface area (TPSA) is 84.1 Å². The molecule has 2 N–H and O–H groups in total. The third-order valence-corrected chi connectivity index (χ3v) is 5.04. The van der Waals surface area contributed by atoms with Gasteiger partial charge in [0.25, 0.3) is 0 Å². The average Bonchev–Trinajstić information content (AvgIpc) is 2.85. The van der Waals surface area contributed by atoms with Gasteiger partial charge in [-0.25, -0.2) is 8.42 Å². The Morgan fingerprint density at radius 2 is 2.00 bits per heavy atom. The van der Waals surface area contributed by atoms with Crippen molar-refractivity contribution in [2.24, 2.45) is 0 Å². The number of rotatable bonds is 6. The van der Waals surface area contributed by atoms with Crippen molar-refractivity contribution < 1.29 is 13.2 Å². The molecule has 0 fully saturated rings. The van der Waals surface area contributed by atoms with Gasteiger partial charge in [0.05, 0.1) is 5.25 Å². The summed E-state index contributed by atoms with van der Waals surface area (Å²) in [5.74, 6) is 1.06. The molecule has 0 aliphatic carbocycles. The number of nitrogens with zero attached hydrogens (tertiary/aromatic N) is 1. The third-order valence-electron chi connectivity index (χ3n) is 3.12. The first-order chi connectivity index (χ1) is 9.90. The second kappa shape index (κ2) is 6.17. The van der Waals surface area contributed by atoms with Crippen molar-refractivity contribution >= 4 is 15.7 Å². The largest absolute Gasteiger partial charge is 0.438 e. The van der Waals surface area contributed by atoms with Gasteiger partial charge in [-0.1, -0.05) is 6.92 Å². The van der Waals surface area contributed by atoms with Gasteiger partial charge >= 0.3 is 0 Å². The predicted octanol–water partition coefficient (Wildman–Crippen LogP) is 3.05. The molecule has 1 aromatic heterocycles. The minimum absolute atomic E-state index is 0.430. The standard InChI is InChI=1S/C14H19N3O3S/c1-4-11(3)21(18,19)17-12-5-7-13(8-6-12)20-14-9-10(2)15-16-14/h5-9,11,17H,4H2,1-3H3,(H,15,16)/t11-/m1/s1. The first-order valence-corrected chi connectivity index (χ1v) is 8.27. The van der Waals surface area contributed by atoms with E-state index in [1.807, 2.05) is 13.8 Å². The Bertz CT molecular complexity index is 693. The number of aromatic nitrogens is 2. The van der Waals surface area contributed by atoms with Gasteiger partial charge in [0.1, 0.15) is 5.75 Å². The fourth-order valence-electron chi connectivity index (χ4n) is 1.64. The Labute approximate surface area is 124 Å². The Morgan fingerprint density at radius 3 is 2.52 bits per heavy atom. The molecule has 0 saturated heterocycles. The molecule has 0 radical (unpaired) electrons. The first kappa shape index (κ1) is 15.4. The highest BCUT2D eigenvalue weighted by atomic mass is 32.2. The lowest BCUT2D eigenvalue weighted by atomic mass is 10.3. The second-order valence-corrected chi connectivity index (χ2v) is 6.98. The maximum absolute atomic E-state index is 12.0. The van der Waals surface area contributed by atoms with E-state index in [4.69, 9.17) is 4.74 Å². The summed E-state index contributed by atoms with van der Waals surface area (Å²) in [6.07, 6.45) is 0.565. The Morgan fingerprint density at radius 1 is 1.33 bits per heavy atom. The maximum Gasteiger partial charge on any atom is 0.238 e. The van der Waals surface area contributed by atoms with Gasteiger partial charge in [-0.2, -0.15) is 0 Å². The molecule has 1 atom stereocenters. The number of sulfonamides is 1. The van der Waals surface area contributed by atoms with Crippen molar-refractivity contribution in [3.63, 3.8) is 0 Å². The van der Waals surface area contributed by atoms with Crippen LogP contribution >= 0.6 is 0 Å². The van der Waals surface area contributed by atoms with Gasteiger partial charge in [0.15, 0.2) is 0 Å². The van der Waals surface area contributed by atoms with Crippen molar-refractivity contribution in [1.29, 1.82) is 0 Å². The first-order valence-electron chi connectivity index (χ1n) is 6.72. The zero-order chi connectivity index (χ0) is 15.5. The number of nitrogens with one attached hydrogen (secondary N) is 2. The van der Waals surface area contributed by atoms with Crippen LogP contribution in [0.2, 0.25) is 0 Å². The van der Waals surface area contributed by atoms with Gasteiger partial charge in [0.2, 0.25) is 15.9 Å². The zero-order valence-corrected chi connectivity index (χ0v) is 13.1. The summed E-state index contributed by atoms with van der Waals surface area (Å²) in [5.41, 5.74) is 1.42. The van der Waals surface area contributed by atoms with Crippen LogP contribution in [0.3, 0.4) is 0 Å². The van der Waals surface area contributed by atoms with Gasteiger partial charge in [-0.15, -0.1) is 5.10 Å². The molecule has 0 amide bonds. The number of H-pyrrole nitrogens is 1. The van der Waals surface area contributed by atoms with Gasteiger partial charge in [0, 0.05) is 17.4 Å². The van der Waals surface area contributed by atoms with Crippen LogP contribution in [0.15, 0.2) is 30.3 Å². The maximum atomic E-state index is 12.0. The van der Waals surface area contributed by atoms with E-state index < -0.39 is 15.3 Å². The van der Waals surface area contributed by atoms with Crippen LogP contribution in [0.25, 0.3) is 0 Å². The molecule has 6 nitrogen and oxygen atoms in total. The van der Waals surface area contributed by atoms with Gasteiger partial charge < -0.3 is 4.74 Å². The summed E-state index contributed by atoms with van der Waals surface area (Å²) >= 11 is 0. The van der Waals surface area contributed by atoms with E-state index in [9.17, 15) is 8.42 Å². The minimum atomic E-state index is -3.34. The average molecular weight is 309 g/mol. The molecule has 7 heteroatoms. The lowest BCUT2D eigenvalue weighted by molar-refractivity contribution is 0.461. The number of hydrogen-bond donors (Lipinski definition) is 2. The summed E-state index contributed by atoms with van der Waals surface area (Å²) < 4.78 is 32.0. The molecule has 0 bridgehead atoms. The summed E-state index contributed by atoms with van der Waals surface area (Å²) in [6, 6.07) is 8.49. The van der Waals surface area contributed by atoms with Crippen LogP contribution < -0.4 is 9.46 Å². The number of ether oxygens (including phenoxy) is 1. The monoisotopic (exact) mass is 309 g/mol. The van der Waals surface area contributed by atoms with Crippen LogP contribution in [0.5, 0.6) is 11.6 Å². The lowest BCUT2D eigenvalue weighted by Crippen LogP contribution is -2.24. The number of hydrogen-bond acceptors (Lipinski definition) is 4. The molecule has 1 aromatic carbocycles. The number of anilines is 1. The van der Waals surface area contributed by atoms with E-state index in [1.54, 1.807) is 37.3 Å². The lowest BCUT2D eigenvalue weighted by Gasteiger charge is -2.13. The van der Waals surface area contributed by atoms with Crippen molar-refractivity contribution in [2.75, 3.05) is 4.72 Å². The fourth-order valence-corrected chi connectivity index (χ4v) is 2.75. The molecule has 2 rings (SSSR count). The van der Waals surface area contributed by atoms with E-state index in [0.717, 1.165) is 5.69 Å². The molecule has 0 aliphatic heterocycles. The molecule has 0 spiro atoms. The normalized spacial score (nSPS) is 12.9. The second-order valence-electron chi connectivity index (χ2n) is 4.88. The number of aromatic amines is 1. The Balaban J connectivity index is 2.05. The summed E-state index contributed by atoms with van der Waals surface area (Å²) in [7, 11) is -3.34. The molecule has 2 aromatic rings. The quantitative estimate of drug-likeness (QED) is 0.859. The minimum Gasteiger partial charge on any atom is -0.438 e. The zero-order valence-electron chi connectivity index (χ0n) is 12.3. The highest BCUT2D eigenvalue weighted by Gasteiger charge is 2.18. The summed E-state index contributed by atoms with van der Waals surface area (Å²) in [6.45, 7) is 5.40. The SMILES string of the molecule is CC[C@@H](C)S(=O)(=O)Nc1ccc(Oc2cc(C)[nH]n2)cc1. The molecule has 0 aliphatic rings. The Kier molecular flexibility index (Phi) is 4.52. The number of aryl methyl sites for hydroxylation is 1. The highest BCUT2D eigenvalue weighted by molar-refractivity contribution is 7.93. The molecular weight excluding hydrogens is 290 g/mol. The van der Waals surface area contributed by atoms with Gasteiger partial charge in [-0.3, -0.25) is 9.82 Å². The third kappa shape index (κ3) is 3.98. The predicted molar refractivity (Wildman–Crippen MR) is 82.1 cm³/mol. The molecule has 1 heterocycles. The van der Waals surface area contributed by atoms with E-state index >= 15 is 0 Å². The van der Waals surface area contributed by atoms with Crippen LogP contribution in [-0.2, 0) is 10.0 Å². The smallest absolute Gasteiger partial charge is 0.238 e. The van der Waals surface area contributed by atoms with Crippen molar-refractivity contribution in [3.8, 4) is 11.6 Å². The van der Waals surface area contributed by atoms with Crippen LogP contribution in [0.1, 0.15) is 26.0 Å². The summed E-state index contributed by atoms with van der Waals surface area (Å²) in [5, 5.41) is 6.32. The molecular formula is C14H19N3O3S. The van der Waals surface area contributed by atoms with Crippen LogP contribution in [-0.4, -0.2) is 23.9 Å². The fraction of sp³-hybridized carbons (Fsp3) is 0.357. The van der Waals surface area contributed by atoms with Crippen molar-refractivity contribution in [2.45, 2.75) is 32.4 Å². The molecule has 21 heavy (non-hydrogen) atoms.